The molecule has 0 spiro atoms. The van der Waals surface area contributed by atoms with Gasteiger partial charge in [-0.2, -0.15) is 8.42 Å². The molecule has 0 fully saturated rings. The second-order valence-electron chi connectivity index (χ2n) is 15.1. The van der Waals surface area contributed by atoms with Crippen LogP contribution in [0, 0.1) is 0 Å². The summed E-state index contributed by atoms with van der Waals surface area (Å²) < 4.78 is 41.2. The van der Waals surface area contributed by atoms with Crippen LogP contribution in [0.2, 0.25) is 0 Å². The van der Waals surface area contributed by atoms with Crippen LogP contribution in [-0.4, -0.2) is 68.1 Å². The van der Waals surface area contributed by atoms with Gasteiger partial charge in [0.05, 0.1) is 13.7 Å². The summed E-state index contributed by atoms with van der Waals surface area (Å²) in [5.74, 6) is -2.21. The zero-order valence-corrected chi connectivity index (χ0v) is 36.4. The summed E-state index contributed by atoms with van der Waals surface area (Å²) in [6.07, 6.45) is 39.0. The number of unbranched alkanes of at least 4 members (excludes halogenated alkanes) is 28. The number of hydrogen-bond donors (Lipinski definition) is 2. The Hall–Kier alpha value is -1.31. The highest BCUT2D eigenvalue weighted by atomic mass is 32.3. The first kappa shape index (κ1) is 54.8. The van der Waals surface area contributed by atoms with Gasteiger partial charge in [-0.15, -0.1) is 0 Å². The van der Waals surface area contributed by atoms with E-state index in [4.69, 9.17) is 14.0 Å². The van der Waals surface area contributed by atoms with Gasteiger partial charge in [-0.25, -0.2) is 9.79 Å². The van der Waals surface area contributed by atoms with Crippen molar-refractivity contribution in [2.24, 2.45) is 0 Å². The molecule has 0 heterocycles. The van der Waals surface area contributed by atoms with Crippen LogP contribution in [0.4, 0.5) is 0 Å². The van der Waals surface area contributed by atoms with E-state index in [1.54, 1.807) is 18.9 Å². The minimum atomic E-state index is -4.40. The van der Waals surface area contributed by atoms with Crippen LogP contribution in [0.3, 0.4) is 0 Å². The van der Waals surface area contributed by atoms with Crippen molar-refractivity contribution in [3.05, 3.63) is 0 Å². The molecule has 0 aliphatic heterocycles. The molecule has 2 N–H and O–H groups in total. The number of hydrogen-bond acceptors (Lipinski definition) is 10. The van der Waals surface area contributed by atoms with E-state index in [0.29, 0.717) is 12.8 Å². The van der Waals surface area contributed by atoms with Crippen molar-refractivity contribution < 1.29 is 46.4 Å². The normalized spacial score (nSPS) is 11.8. The monoisotopic (exact) mass is 796 g/mol. The molecule has 0 rings (SSSR count). The Kier molecular flexibility index (Phi) is 40.5. The van der Waals surface area contributed by atoms with E-state index in [-0.39, 0.29) is 25.1 Å². The Labute approximate surface area is 332 Å². The van der Waals surface area contributed by atoms with Gasteiger partial charge in [0, 0.05) is 26.3 Å². The van der Waals surface area contributed by atoms with Crippen molar-refractivity contribution in [1.82, 2.24) is 4.90 Å². The van der Waals surface area contributed by atoms with Gasteiger partial charge in [0.15, 0.2) is 0 Å². The first-order valence-electron chi connectivity index (χ1n) is 21.9. The summed E-state index contributed by atoms with van der Waals surface area (Å²) in [5.41, 5.74) is 0. The molecule has 0 aromatic carbocycles. The summed E-state index contributed by atoms with van der Waals surface area (Å²) in [5, 5.41) is 9.45. The minimum Gasteiger partial charge on any atom is -0.408 e. The predicted octanol–water partition coefficient (Wildman–Crippen LogP) is 11.6. The number of carbonyl (C=O) groups excluding carboxylic acids is 2. The first-order valence-corrected chi connectivity index (χ1v) is 23.3. The molecule has 0 aliphatic rings. The van der Waals surface area contributed by atoms with Gasteiger partial charge in [0.2, 0.25) is 0 Å². The zero-order valence-electron chi connectivity index (χ0n) is 35.6. The fraction of sp³-hybridized carbons (Fsp3) is 0.952. The lowest BCUT2D eigenvalue weighted by molar-refractivity contribution is -0.275. The maximum absolute atomic E-state index is 12.7. The number of carbonyl (C=O) groups is 2. The Balaban J connectivity index is 0. The van der Waals surface area contributed by atoms with E-state index in [2.05, 4.69) is 23.1 Å². The fourth-order valence-electron chi connectivity index (χ4n) is 6.42. The molecule has 0 saturated carbocycles. The van der Waals surface area contributed by atoms with Gasteiger partial charge in [-0.3, -0.25) is 14.1 Å². The second-order valence-corrected chi connectivity index (χ2v) is 16.0. The maximum Gasteiger partial charge on any atom is 0.424 e. The van der Waals surface area contributed by atoms with Crippen LogP contribution in [-0.2, 0) is 38.7 Å². The topological polar surface area (TPSA) is 149 Å². The van der Waals surface area contributed by atoms with Crippen LogP contribution >= 0.6 is 0 Å². The summed E-state index contributed by atoms with van der Waals surface area (Å²) in [7, 11) is -1.72. The Morgan fingerprint density at radius 1 is 0.537 bits per heavy atom. The van der Waals surface area contributed by atoms with Gasteiger partial charge in [0.1, 0.15) is 0 Å². The summed E-state index contributed by atoms with van der Waals surface area (Å²) >= 11 is 0. The minimum absolute atomic E-state index is 0.112. The molecule has 0 saturated heterocycles. The SMILES string of the molecule is CCCCCCCCCCCCCCCCCC(=O)OC(C)(OC(=O)CCCCCCCCCCCCCCCCC)N(C)CCO.COOS(=O)(=O)O. The van der Waals surface area contributed by atoms with Gasteiger partial charge in [-0.05, 0) is 19.9 Å². The lowest BCUT2D eigenvalue weighted by atomic mass is 10.0. The highest BCUT2D eigenvalue weighted by molar-refractivity contribution is 7.80. The Bertz CT molecular complexity index is 886. The highest BCUT2D eigenvalue weighted by Crippen LogP contribution is 2.22. The van der Waals surface area contributed by atoms with Crippen LogP contribution < -0.4 is 0 Å². The number of likely N-dealkylation sites (N-methyl/N-ethyl adjacent to an activating group) is 1. The molecule has 12 heteroatoms. The van der Waals surface area contributed by atoms with Crippen molar-refractivity contribution in [2.45, 2.75) is 232 Å². The van der Waals surface area contributed by atoms with Crippen molar-refractivity contribution in [1.29, 1.82) is 0 Å². The summed E-state index contributed by atoms with van der Waals surface area (Å²) in [4.78, 5) is 30.5. The largest absolute Gasteiger partial charge is 0.424 e. The van der Waals surface area contributed by atoms with Crippen molar-refractivity contribution >= 4 is 22.3 Å². The first-order chi connectivity index (χ1) is 26.0. The molecular weight excluding hydrogens is 711 g/mol. The second kappa shape index (κ2) is 39.9. The molecule has 54 heavy (non-hydrogen) atoms. The fourth-order valence-corrected chi connectivity index (χ4v) is 6.59. The van der Waals surface area contributed by atoms with E-state index in [1.165, 1.54) is 154 Å². The third kappa shape index (κ3) is 40.4. The molecule has 0 atom stereocenters. The Morgan fingerprint density at radius 3 is 1.00 bits per heavy atom. The van der Waals surface area contributed by atoms with Crippen LogP contribution in [0.15, 0.2) is 0 Å². The molecule has 0 bridgehead atoms. The molecule has 11 nitrogen and oxygen atoms in total. The van der Waals surface area contributed by atoms with Gasteiger partial charge in [0.25, 0.3) is 0 Å². The van der Waals surface area contributed by atoms with Crippen molar-refractivity contribution in [2.75, 3.05) is 27.3 Å². The lowest BCUT2D eigenvalue weighted by Crippen LogP contribution is -2.51. The highest BCUT2D eigenvalue weighted by Gasteiger charge is 2.37. The van der Waals surface area contributed by atoms with E-state index in [1.807, 2.05) is 0 Å². The van der Waals surface area contributed by atoms with Gasteiger partial charge < -0.3 is 14.6 Å². The number of nitrogens with zero attached hydrogens (tertiary/aromatic N) is 1. The molecular formula is C42H85NO10S. The lowest BCUT2D eigenvalue weighted by Gasteiger charge is -2.36. The number of rotatable bonds is 39. The molecule has 0 radical (unpaired) electrons. The number of aliphatic hydroxyl groups excluding tert-OH is 1. The number of esters is 2. The van der Waals surface area contributed by atoms with E-state index >= 15 is 0 Å². The van der Waals surface area contributed by atoms with E-state index in [0.717, 1.165) is 45.6 Å². The average molecular weight is 796 g/mol. The maximum atomic E-state index is 12.7. The predicted molar refractivity (Wildman–Crippen MR) is 219 cm³/mol. The van der Waals surface area contributed by atoms with Crippen molar-refractivity contribution in [3.8, 4) is 0 Å². The molecule has 0 amide bonds. The average Bonchev–Trinajstić information content (AvgIpc) is 3.11. The number of ether oxygens (including phenoxy) is 2. The number of aliphatic hydroxyl groups is 1. The zero-order chi connectivity index (χ0) is 40.6. The Morgan fingerprint density at radius 2 is 0.796 bits per heavy atom. The van der Waals surface area contributed by atoms with Gasteiger partial charge in [-0.1, -0.05) is 198 Å². The van der Waals surface area contributed by atoms with Crippen LogP contribution in [0.1, 0.15) is 226 Å². The molecule has 0 aromatic rings. The van der Waals surface area contributed by atoms with Crippen LogP contribution in [0.25, 0.3) is 0 Å². The quantitative estimate of drug-likeness (QED) is 0.0153. The molecule has 324 valence electrons. The van der Waals surface area contributed by atoms with Gasteiger partial charge >= 0.3 is 28.2 Å². The van der Waals surface area contributed by atoms with Crippen molar-refractivity contribution in [3.63, 3.8) is 0 Å². The third-order valence-corrected chi connectivity index (χ3v) is 10.2. The molecule has 0 aromatic heterocycles. The summed E-state index contributed by atoms with van der Waals surface area (Å²) in [6.45, 7) is 6.28. The smallest absolute Gasteiger partial charge is 0.408 e. The van der Waals surface area contributed by atoms with E-state index < -0.39 is 16.3 Å². The molecule has 0 aliphatic carbocycles. The summed E-state index contributed by atoms with van der Waals surface area (Å²) in [6, 6.07) is 0. The van der Waals surface area contributed by atoms with E-state index in [9.17, 15) is 23.1 Å². The van der Waals surface area contributed by atoms with Crippen LogP contribution in [0.5, 0.6) is 0 Å². The third-order valence-electron chi connectivity index (χ3n) is 9.86. The molecule has 0 unspecified atom stereocenters. The standard InChI is InChI=1S/C41H81NO5.CH4O5S/c1-5-7-9-11-13-15-17-19-21-23-25-27-29-31-33-35-39(44)46-41(3,42(4)37-38-43)47-40(45)36-34-32-30-28-26-24-22-20-18-16-14-12-10-8-6-2;1-5-6-7(2,3)4/h43H,5-38H2,1-4H3;1H3,(H,2,3,4).